The van der Waals surface area contributed by atoms with Gasteiger partial charge in [-0.15, -0.1) is 0 Å². The Morgan fingerprint density at radius 3 is 2.57 bits per heavy atom. The van der Waals surface area contributed by atoms with Crippen molar-refractivity contribution < 1.29 is 13.6 Å². The molecule has 1 aromatic rings. The lowest BCUT2D eigenvalue weighted by Gasteiger charge is -2.36. The summed E-state index contributed by atoms with van der Waals surface area (Å²) in [6, 6.07) is 2.52. The van der Waals surface area contributed by atoms with Gasteiger partial charge in [0.2, 0.25) is 0 Å². The first kappa shape index (κ1) is 17.7. The zero-order chi connectivity index (χ0) is 17.0. The van der Waals surface area contributed by atoms with Crippen LogP contribution >= 0.6 is 0 Å². The number of piperidine rings is 1. The molecule has 4 nitrogen and oxygen atoms in total. The number of nitrogens with zero attached hydrogens (tertiary/aromatic N) is 1. The number of amides is 2. The van der Waals surface area contributed by atoms with Crippen molar-refractivity contribution in [1.29, 1.82) is 0 Å². The molecule has 2 N–H and O–H groups in total. The second-order valence-electron chi connectivity index (χ2n) is 6.79. The Balaban J connectivity index is 1.82. The number of nitrogens with one attached hydrogen (secondary N) is 2. The molecule has 1 aliphatic heterocycles. The second-order valence-corrected chi connectivity index (χ2v) is 6.79. The maximum absolute atomic E-state index is 13.5. The number of urea groups is 1. The maximum atomic E-state index is 13.5. The minimum atomic E-state index is -0.786. The third-order valence-electron chi connectivity index (χ3n) is 4.03. The van der Waals surface area contributed by atoms with Gasteiger partial charge in [-0.25, -0.2) is 13.6 Å². The molecule has 1 aliphatic rings. The predicted octanol–water partition coefficient (Wildman–Crippen LogP) is 3.45. The fourth-order valence-electron chi connectivity index (χ4n) is 3.35. The molecule has 3 unspecified atom stereocenters. The Hall–Kier alpha value is -1.69. The average molecular weight is 325 g/mol. The summed E-state index contributed by atoms with van der Waals surface area (Å²) >= 11 is 0. The van der Waals surface area contributed by atoms with E-state index in [-0.39, 0.29) is 11.7 Å². The zero-order valence-electron chi connectivity index (χ0n) is 13.9. The number of carbonyl (C=O) groups excluding carboxylic acids is 1. The Kier molecular flexibility index (Phi) is 5.93. The third kappa shape index (κ3) is 5.46. The lowest BCUT2D eigenvalue weighted by atomic mass is 9.92. The van der Waals surface area contributed by atoms with Crippen LogP contribution < -0.4 is 10.6 Å². The summed E-state index contributed by atoms with van der Waals surface area (Å²) < 4.78 is 26.4. The SMILES string of the molecule is CC1CC(C)CN(CC(C)NC(=O)Nc2ccc(F)cc2F)C1. The minimum absolute atomic E-state index is 0.0312. The fraction of sp³-hybridized carbons (Fsp3) is 0.588. The van der Waals surface area contributed by atoms with Crippen molar-refractivity contribution in [3.63, 3.8) is 0 Å². The van der Waals surface area contributed by atoms with Crippen LogP contribution in [0.5, 0.6) is 0 Å². The van der Waals surface area contributed by atoms with Crippen LogP contribution in [0.2, 0.25) is 0 Å². The van der Waals surface area contributed by atoms with Crippen molar-refractivity contribution in [3.05, 3.63) is 29.8 Å². The highest BCUT2D eigenvalue weighted by atomic mass is 19.1. The number of likely N-dealkylation sites (tertiary alicyclic amines) is 1. The predicted molar refractivity (Wildman–Crippen MR) is 87.4 cm³/mol. The van der Waals surface area contributed by atoms with Crippen LogP contribution in [0.15, 0.2) is 18.2 Å². The topological polar surface area (TPSA) is 44.4 Å². The fourth-order valence-corrected chi connectivity index (χ4v) is 3.35. The lowest BCUT2D eigenvalue weighted by molar-refractivity contribution is 0.132. The molecule has 2 rings (SSSR count). The molecule has 0 bridgehead atoms. The molecule has 1 heterocycles. The lowest BCUT2D eigenvalue weighted by Crippen LogP contribution is -2.47. The number of rotatable bonds is 4. The van der Waals surface area contributed by atoms with Crippen LogP contribution in [-0.4, -0.2) is 36.6 Å². The van der Waals surface area contributed by atoms with Gasteiger partial charge in [0.15, 0.2) is 0 Å². The van der Waals surface area contributed by atoms with Crippen molar-refractivity contribution in [2.24, 2.45) is 11.8 Å². The quantitative estimate of drug-likeness (QED) is 0.890. The van der Waals surface area contributed by atoms with E-state index in [1.54, 1.807) is 0 Å². The number of carbonyl (C=O) groups is 1. The van der Waals surface area contributed by atoms with Crippen LogP contribution in [0.4, 0.5) is 19.3 Å². The molecule has 1 fully saturated rings. The van der Waals surface area contributed by atoms with Gasteiger partial charge in [-0.3, -0.25) is 0 Å². The molecule has 128 valence electrons. The van der Waals surface area contributed by atoms with Gasteiger partial charge in [0.05, 0.1) is 5.69 Å². The van der Waals surface area contributed by atoms with Crippen molar-refractivity contribution in [2.45, 2.75) is 33.2 Å². The van der Waals surface area contributed by atoms with E-state index in [1.165, 1.54) is 12.5 Å². The van der Waals surface area contributed by atoms with E-state index in [0.717, 1.165) is 31.8 Å². The maximum Gasteiger partial charge on any atom is 0.319 e. The van der Waals surface area contributed by atoms with Gasteiger partial charge in [0.1, 0.15) is 11.6 Å². The van der Waals surface area contributed by atoms with E-state index in [2.05, 4.69) is 29.4 Å². The normalized spacial score (nSPS) is 23.3. The van der Waals surface area contributed by atoms with Crippen LogP contribution in [0.1, 0.15) is 27.2 Å². The molecule has 0 spiro atoms. The molecule has 2 amide bonds. The molecule has 0 saturated carbocycles. The van der Waals surface area contributed by atoms with Gasteiger partial charge in [-0.1, -0.05) is 13.8 Å². The van der Waals surface area contributed by atoms with Crippen molar-refractivity contribution >= 4 is 11.7 Å². The highest BCUT2D eigenvalue weighted by molar-refractivity contribution is 5.89. The summed E-state index contributed by atoms with van der Waals surface area (Å²) in [6.45, 7) is 9.23. The van der Waals surface area contributed by atoms with Crippen molar-refractivity contribution in [2.75, 3.05) is 25.0 Å². The smallest absolute Gasteiger partial charge is 0.319 e. The van der Waals surface area contributed by atoms with Gasteiger partial charge in [-0.05, 0) is 37.3 Å². The van der Waals surface area contributed by atoms with Gasteiger partial charge >= 0.3 is 6.03 Å². The van der Waals surface area contributed by atoms with E-state index in [9.17, 15) is 13.6 Å². The Morgan fingerprint density at radius 2 is 1.96 bits per heavy atom. The van der Waals surface area contributed by atoms with Crippen LogP contribution in [0.3, 0.4) is 0 Å². The molecule has 3 atom stereocenters. The number of hydrogen-bond donors (Lipinski definition) is 2. The number of halogens is 2. The number of hydrogen-bond acceptors (Lipinski definition) is 2. The Morgan fingerprint density at radius 1 is 1.30 bits per heavy atom. The van der Waals surface area contributed by atoms with E-state index >= 15 is 0 Å². The summed E-state index contributed by atoms with van der Waals surface area (Å²) in [4.78, 5) is 14.3. The van der Waals surface area contributed by atoms with Crippen LogP contribution in [-0.2, 0) is 0 Å². The molecule has 23 heavy (non-hydrogen) atoms. The highest BCUT2D eigenvalue weighted by Gasteiger charge is 2.23. The third-order valence-corrected chi connectivity index (χ3v) is 4.03. The van der Waals surface area contributed by atoms with Gasteiger partial charge in [0.25, 0.3) is 0 Å². The van der Waals surface area contributed by atoms with Crippen molar-refractivity contribution in [1.82, 2.24) is 10.2 Å². The van der Waals surface area contributed by atoms with E-state index in [1.807, 2.05) is 6.92 Å². The first-order valence-corrected chi connectivity index (χ1v) is 8.08. The molecule has 1 aromatic carbocycles. The Bertz CT molecular complexity index is 543. The molecule has 0 aromatic heterocycles. The van der Waals surface area contributed by atoms with Crippen molar-refractivity contribution in [3.8, 4) is 0 Å². The molecular formula is C17H25F2N3O. The molecule has 6 heteroatoms. The zero-order valence-corrected chi connectivity index (χ0v) is 13.9. The summed E-state index contributed by atoms with van der Waals surface area (Å²) in [5.41, 5.74) is -0.0312. The summed E-state index contributed by atoms with van der Waals surface area (Å²) in [6.07, 6.45) is 1.24. The summed E-state index contributed by atoms with van der Waals surface area (Å²) in [7, 11) is 0. The standard InChI is InChI=1S/C17H25F2N3O/c1-11-6-12(2)9-22(8-11)10-13(3)20-17(23)21-16-5-4-14(18)7-15(16)19/h4-5,7,11-13H,6,8-10H2,1-3H3,(H2,20,21,23). The molecule has 1 saturated heterocycles. The summed E-state index contributed by atoms with van der Waals surface area (Å²) in [5, 5.41) is 5.21. The first-order valence-electron chi connectivity index (χ1n) is 8.08. The molecule has 0 aliphatic carbocycles. The largest absolute Gasteiger partial charge is 0.334 e. The van der Waals surface area contributed by atoms with Gasteiger partial charge < -0.3 is 15.5 Å². The summed E-state index contributed by atoms with van der Waals surface area (Å²) in [5.74, 6) is -0.136. The van der Waals surface area contributed by atoms with Gasteiger partial charge in [-0.2, -0.15) is 0 Å². The highest BCUT2D eigenvalue weighted by Crippen LogP contribution is 2.21. The average Bonchev–Trinajstić information content (AvgIpc) is 2.40. The minimum Gasteiger partial charge on any atom is -0.334 e. The first-order chi connectivity index (χ1) is 10.8. The molecular weight excluding hydrogens is 300 g/mol. The van der Waals surface area contributed by atoms with Gasteiger partial charge in [0, 0.05) is 31.7 Å². The van der Waals surface area contributed by atoms with E-state index in [4.69, 9.17) is 0 Å². The van der Waals surface area contributed by atoms with Crippen LogP contribution in [0.25, 0.3) is 0 Å². The van der Waals surface area contributed by atoms with Crippen LogP contribution in [0, 0.1) is 23.5 Å². The number of benzene rings is 1. The monoisotopic (exact) mass is 325 g/mol. The van der Waals surface area contributed by atoms with E-state index < -0.39 is 17.7 Å². The van der Waals surface area contributed by atoms with E-state index in [0.29, 0.717) is 11.8 Å². The second kappa shape index (κ2) is 7.73. The Labute approximate surface area is 136 Å². The number of anilines is 1. The molecule has 0 radical (unpaired) electrons.